The summed E-state index contributed by atoms with van der Waals surface area (Å²) in [5.41, 5.74) is 5.71. The number of anilines is 1. The first-order valence-corrected chi connectivity index (χ1v) is 6.06. The van der Waals surface area contributed by atoms with Crippen molar-refractivity contribution < 1.29 is 4.42 Å². The molecule has 1 aromatic heterocycles. The van der Waals surface area contributed by atoms with Crippen molar-refractivity contribution in [1.82, 2.24) is 10.3 Å². The Morgan fingerprint density at radius 3 is 2.82 bits per heavy atom. The van der Waals surface area contributed by atoms with Crippen LogP contribution >= 0.6 is 0 Å². The molecule has 0 atom stereocenters. The monoisotopic (exact) mass is 231 g/mol. The zero-order chi connectivity index (χ0) is 11.8. The van der Waals surface area contributed by atoms with Crippen LogP contribution in [-0.2, 0) is 0 Å². The van der Waals surface area contributed by atoms with Gasteiger partial charge in [-0.2, -0.15) is 0 Å². The number of aryl methyl sites for hydroxylation is 2. The van der Waals surface area contributed by atoms with Gasteiger partial charge in [-0.15, -0.1) is 0 Å². The van der Waals surface area contributed by atoms with Crippen molar-refractivity contribution in [2.75, 3.05) is 31.1 Å². The van der Waals surface area contributed by atoms with Crippen LogP contribution < -0.4 is 10.2 Å². The second kappa shape index (κ2) is 4.04. The quantitative estimate of drug-likeness (QED) is 0.813. The van der Waals surface area contributed by atoms with Gasteiger partial charge in [0.05, 0.1) is 0 Å². The Balaban J connectivity index is 2.13. The third-order valence-corrected chi connectivity index (χ3v) is 3.46. The highest BCUT2D eigenvalue weighted by molar-refractivity contribution is 5.84. The molecule has 0 radical (unpaired) electrons. The maximum Gasteiger partial charge on any atom is 0.181 e. The van der Waals surface area contributed by atoms with Crippen molar-refractivity contribution in [2.45, 2.75) is 13.8 Å². The van der Waals surface area contributed by atoms with E-state index in [1.54, 1.807) is 0 Å². The van der Waals surface area contributed by atoms with Gasteiger partial charge in [-0.05, 0) is 25.5 Å². The zero-order valence-corrected chi connectivity index (χ0v) is 10.3. The van der Waals surface area contributed by atoms with Gasteiger partial charge in [-0.1, -0.05) is 0 Å². The fourth-order valence-corrected chi connectivity index (χ4v) is 2.69. The molecule has 1 aliphatic rings. The first kappa shape index (κ1) is 10.6. The molecule has 1 aromatic carbocycles. The molecule has 0 unspecified atom stereocenters. The largest absolute Gasteiger partial charge is 0.443 e. The van der Waals surface area contributed by atoms with Crippen molar-refractivity contribution in [3.8, 4) is 0 Å². The van der Waals surface area contributed by atoms with E-state index in [4.69, 9.17) is 4.42 Å². The molecule has 17 heavy (non-hydrogen) atoms. The number of nitrogens with zero attached hydrogens (tertiary/aromatic N) is 2. The lowest BCUT2D eigenvalue weighted by molar-refractivity contribution is 0.587. The molecule has 2 aromatic rings. The normalized spacial score (nSPS) is 16.7. The van der Waals surface area contributed by atoms with Gasteiger partial charge in [0.2, 0.25) is 0 Å². The van der Waals surface area contributed by atoms with Gasteiger partial charge in [0.15, 0.2) is 12.0 Å². The van der Waals surface area contributed by atoms with E-state index < -0.39 is 0 Å². The van der Waals surface area contributed by atoms with Crippen LogP contribution in [0.1, 0.15) is 11.1 Å². The Morgan fingerprint density at radius 1 is 1.29 bits per heavy atom. The number of nitrogens with one attached hydrogen (secondary N) is 1. The smallest absolute Gasteiger partial charge is 0.181 e. The van der Waals surface area contributed by atoms with E-state index in [0.29, 0.717) is 0 Å². The highest BCUT2D eigenvalue weighted by Gasteiger charge is 2.18. The first-order valence-electron chi connectivity index (χ1n) is 6.06. The molecular weight excluding hydrogens is 214 g/mol. The molecule has 1 aliphatic heterocycles. The lowest BCUT2D eigenvalue weighted by atomic mass is 10.1. The number of aromatic nitrogens is 1. The van der Waals surface area contributed by atoms with E-state index in [2.05, 4.69) is 35.1 Å². The van der Waals surface area contributed by atoms with Crippen LogP contribution in [0.25, 0.3) is 11.1 Å². The van der Waals surface area contributed by atoms with Crippen molar-refractivity contribution >= 4 is 16.8 Å². The Hall–Kier alpha value is -1.55. The van der Waals surface area contributed by atoms with Crippen LogP contribution in [0, 0.1) is 13.8 Å². The molecule has 0 aliphatic carbocycles. The SMILES string of the molecule is Cc1cc2ocnc2c(C)c1N1CCNCC1. The molecule has 4 heteroatoms. The Labute approximate surface area is 101 Å². The molecule has 3 rings (SSSR count). The Bertz CT molecular complexity index is 541. The van der Waals surface area contributed by atoms with Crippen molar-refractivity contribution in [3.63, 3.8) is 0 Å². The highest BCUT2D eigenvalue weighted by atomic mass is 16.3. The summed E-state index contributed by atoms with van der Waals surface area (Å²) in [6.07, 6.45) is 1.53. The number of fused-ring (bicyclic) bond motifs is 1. The molecule has 1 N–H and O–H groups in total. The highest BCUT2D eigenvalue weighted by Crippen LogP contribution is 2.31. The van der Waals surface area contributed by atoms with Gasteiger partial charge < -0.3 is 14.6 Å². The predicted molar refractivity (Wildman–Crippen MR) is 68.6 cm³/mol. The van der Waals surface area contributed by atoms with Crippen molar-refractivity contribution in [3.05, 3.63) is 23.6 Å². The molecule has 0 amide bonds. The maximum atomic E-state index is 5.38. The van der Waals surface area contributed by atoms with Crippen LogP contribution in [0.3, 0.4) is 0 Å². The fourth-order valence-electron chi connectivity index (χ4n) is 2.69. The predicted octanol–water partition coefficient (Wildman–Crippen LogP) is 1.85. The van der Waals surface area contributed by atoms with Crippen LogP contribution in [-0.4, -0.2) is 31.2 Å². The average Bonchev–Trinajstić information content (AvgIpc) is 2.78. The summed E-state index contributed by atoms with van der Waals surface area (Å²) < 4.78 is 5.38. The van der Waals surface area contributed by atoms with Gasteiger partial charge in [-0.25, -0.2) is 4.98 Å². The van der Waals surface area contributed by atoms with Gasteiger partial charge in [0.25, 0.3) is 0 Å². The maximum absolute atomic E-state index is 5.38. The van der Waals surface area contributed by atoms with Crippen LogP contribution in [0.15, 0.2) is 16.9 Å². The summed E-state index contributed by atoms with van der Waals surface area (Å²) in [6.45, 7) is 8.50. The number of rotatable bonds is 1. The minimum Gasteiger partial charge on any atom is -0.443 e. The molecule has 0 spiro atoms. The number of oxazole rings is 1. The van der Waals surface area contributed by atoms with Gasteiger partial charge in [0.1, 0.15) is 5.52 Å². The van der Waals surface area contributed by atoms with E-state index >= 15 is 0 Å². The van der Waals surface area contributed by atoms with Gasteiger partial charge in [-0.3, -0.25) is 0 Å². The Kier molecular flexibility index (Phi) is 2.52. The van der Waals surface area contributed by atoms with E-state index in [0.717, 1.165) is 37.3 Å². The van der Waals surface area contributed by atoms with Gasteiger partial charge in [0, 0.05) is 37.4 Å². The average molecular weight is 231 g/mol. The number of hydrogen-bond donors (Lipinski definition) is 1. The standard InChI is InChI=1S/C13H17N3O/c1-9-7-11-12(15-8-17-11)10(2)13(9)16-5-3-14-4-6-16/h7-8,14H,3-6H2,1-2H3. The third-order valence-electron chi connectivity index (χ3n) is 3.46. The summed E-state index contributed by atoms with van der Waals surface area (Å²) in [6, 6.07) is 2.09. The van der Waals surface area contributed by atoms with E-state index in [9.17, 15) is 0 Å². The lowest BCUT2D eigenvalue weighted by Crippen LogP contribution is -2.44. The molecule has 0 saturated carbocycles. The zero-order valence-electron chi connectivity index (χ0n) is 10.3. The molecular formula is C13H17N3O. The summed E-state index contributed by atoms with van der Waals surface area (Å²) >= 11 is 0. The van der Waals surface area contributed by atoms with Crippen LogP contribution in [0.4, 0.5) is 5.69 Å². The molecule has 4 nitrogen and oxygen atoms in total. The summed E-state index contributed by atoms with van der Waals surface area (Å²) in [7, 11) is 0. The minimum absolute atomic E-state index is 0.888. The minimum atomic E-state index is 0.888. The second-order valence-corrected chi connectivity index (χ2v) is 4.60. The number of hydrogen-bond acceptors (Lipinski definition) is 4. The van der Waals surface area contributed by atoms with Crippen molar-refractivity contribution in [2.24, 2.45) is 0 Å². The first-order chi connectivity index (χ1) is 8.27. The van der Waals surface area contributed by atoms with Crippen molar-refractivity contribution in [1.29, 1.82) is 0 Å². The van der Waals surface area contributed by atoms with E-state index in [1.807, 2.05) is 0 Å². The number of benzene rings is 1. The van der Waals surface area contributed by atoms with Crippen LogP contribution in [0.2, 0.25) is 0 Å². The lowest BCUT2D eigenvalue weighted by Gasteiger charge is -2.32. The topological polar surface area (TPSA) is 41.3 Å². The van der Waals surface area contributed by atoms with Crippen LogP contribution in [0.5, 0.6) is 0 Å². The van der Waals surface area contributed by atoms with Gasteiger partial charge >= 0.3 is 0 Å². The molecule has 1 fully saturated rings. The summed E-state index contributed by atoms with van der Waals surface area (Å²) in [5, 5.41) is 3.38. The Morgan fingerprint density at radius 2 is 2.06 bits per heavy atom. The summed E-state index contributed by atoms with van der Waals surface area (Å²) in [5.74, 6) is 0. The second-order valence-electron chi connectivity index (χ2n) is 4.60. The fraction of sp³-hybridized carbons (Fsp3) is 0.462. The number of piperazine rings is 1. The molecule has 0 bridgehead atoms. The molecule has 90 valence electrons. The summed E-state index contributed by atoms with van der Waals surface area (Å²) in [4.78, 5) is 6.75. The molecule has 2 heterocycles. The van der Waals surface area contributed by atoms with E-state index in [1.165, 1.54) is 23.2 Å². The molecule has 1 saturated heterocycles. The van der Waals surface area contributed by atoms with E-state index in [-0.39, 0.29) is 0 Å². The third kappa shape index (κ3) is 1.69.